The number of carboxylic acids is 4. The van der Waals surface area contributed by atoms with Gasteiger partial charge < -0.3 is 59.7 Å². The molecule has 54 heavy (non-hydrogen) atoms. The summed E-state index contributed by atoms with van der Waals surface area (Å²) in [6, 6.07) is 8.30. The third-order valence-electron chi connectivity index (χ3n) is 5.92. The maximum absolute atomic E-state index is 11.3. The van der Waals surface area contributed by atoms with E-state index in [4.69, 9.17) is 59.7 Å². The molecule has 17 nitrogen and oxygen atoms in total. The number of hydrogen-bond donors (Lipinski definition) is 7. The summed E-state index contributed by atoms with van der Waals surface area (Å²) in [6.45, 7) is 7.45. The second kappa shape index (κ2) is 43.7. The average molecular weight is 825 g/mol. The molecule has 1 atom stereocenters. The van der Waals surface area contributed by atoms with Gasteiger partial charge in [-0.1, -0.05) is 89.3 Å². The summed E-state index contributed by atoms with van der Waals surface area (Å²) in [5.41, 5.74) is -2.41. The van der Waals surface area contributed by atoms with Crippen molar-refractivity contribution in [3.63, 3.8) is 0 Å². The van der Waals surface area contributed by atoms with Gasteiger partial charge in [0, 0.05) is 6.42 Å². The van der Waals surface area contributed by atoms with Gasteiger partial charge in [-0.05, 0) is 39.3 Å². The van der Waals surface area contributed by atoms with E-state index in [0.29, 0.717) is 12.0 Å². The number of phosphoric acid groups is 1. The SMILES string of the molecule is CC(O)CO.CCCCCCCCCCCCCC(=O)OC(C)C.O=C(O)CC(O)(CC(=O)O)C(=O)O.O=C(O)c1ccccc1.O=P([O-])([O-])[O-].[Na+].[Na+].[Na+]. The zero-order chi connectivity index (χ0) is 40.5. The van der Waals surface area contributed by atoms with E-state index in [1.54, 1.807) is 30.3 Å². The fourth-order valence-corrected chi connectivity index (χ4v) is 3.55. The first-order chi connectivity index (χ1) is 23.5. The molecular weight excluding hydrogens is 768 g/mol. The van der Waals surface area contributed by atoms with Crippen LogP contribution in [0.4, 0.5) is 0 Å². The normalized spacial score (nSPS) is 10.4. The first-order valence-electron chi connectivity index (χ1n) is 16.4. The second-order valence-corrected chi connectivity index (χ2v) is 12.3. The van der Waals surface area contributed by atoms with E-state index in [1.807, 2.05) is 13.8 Å². The standard InChI is InChI=1S/C17H34O2.C7H6O2.C6H8O7.C3H8O2.3Na.H3O4P/c1-4-5-6-7-8-9-10-11-12-13-14-15-17(18)19-16(2)3;8-7(9)6-4-2-1-3-5-6;7-3(8)1-6(13,5(11)12)2-4(9)10;1-3(5)2-4;;;;1-5(2,3)4/h16H,4-15H2,1-3H3;1-5H,(H,8,9);13H,1-2H2,(H,7,8)(H,9,10)(H,11,12);3-5H,2H2,1H3;;;;(H3,1,2,3,4)/q;;;;3*+1;/p-3. The predicted octanol–water partition coefficient (Wildman–Crippen LogP) is -6.68. The molecule has 0 spiro atoms. The second-order valence-electron chi connectivity index (χ2n) is 11.5. The van der Waals surface area contributed by atoms with Gasteiger partial charge >= 0.3 is 119 Å². The molecule has 0 aliphatic rings. The Bertz CT molecular complexity index is 1100. The first kappa shape index (κ1) is 68.3. The predicted molar refractivity (Wildman–Crippen MR) is 179 cm³/mol. The van der Waals surface area contributed by atoms with Crippen molar-refractivity contribution in [3.05, 3.63) is 35.9 Å². The van der Waals surface area contributed by atoms with Crippen LogP contribution in [0, 0.1) is 0 Å². The number of unbranched alkanes of at least 4 members (excludes halogenated alkanes) is 10. The number of rotatable bonds is 20. The quantitative estimate of drug-likeness (QED) is 0.0278. The van der Waals surface area contributed by atoms with E-state index in [-0.39, 0.29) is 107 Å². The molecule has 0 aliphatic carbocycles. The number of carboxylic acid groups (broad SMARTS) is 4. The molecule has 0 saturated heterocycles. The molecular formula is C33H56Na3O17P. The largest absolute Gasteiger partial charge is 1.00 e. The van der Waals surface area contributed by atoms with E-state index in [0.717, 1.165) is 6.42 Å². The minimum Gasteiger partial charge on any atom is -0.822 e. The topological polar surface area (TPSA) is 322 Å². The first-order valence-corrected chi connectivity index (χ1v) is 17.9. The molecule has 0 saturated carbocycles. The van der Waals surface area contributed by atoms with E-state index in [1.165, 1.54) is 71.1 Å². The van der Waals surface area contributed by atoms with Crippen LogP contribution in [0.15, 0.2) is 30.3 Å². The molecule has 0 aliphatic heterocycles. The zero-order valence-corrected chi connectivity index (χ0v) is 39.7. The summed E-state index contributed by atoms with van der Waals surface area (Å²) in [7, 11) is -5.39. The molecule has 21 heteroatoms. The van der Waals surface area contributed by atoms with Crippen molar-refractivity contribution in [2.24, 2.45) is 0 Å². The number of aliphatic carboxylic acids is 3. The van der Waals surface area contributed by atoms with Crippen LogP contribution in [0.3, 0.4) is 0 Å². The third-order valence-corrected chi connectivity index (χ3v) is 5.92. The molecule has 0 radical (unpaired) electrons. The van der Waals surface area contributed by atoms with Gasteiger partial charge in [0.25, 0.3) is 0 Å². The molecule has 1 aromatic carbocycles. The minimum absolute atomic E-state index is 0. The van der Waals surface area contributed by atoms with Gasteiger partial charge in [0.1, 0.15) is 0 Å². The fourth-order valence-electron chi connectivity index (χ4n) is 3.55. The smallest absolute Gasteiger partial charge is 0.822 e. The van der Waals surface area contributed by atoms with Gasteiger partial charge in [-0.2, -0.15) is 7.82 Å². The van der Waals surface area contributed by atoms with E-state index in [9.17, 15) is 24.0 Å². The average Bonchev–Trinajstić information content (AvgIpc) is 2.99. The van der Waals surface area contributed by atoms with Crippen molar-refractivity contribution < 1.29 is 172 Å². The van der Waals surface area contributed by atoms with Crippen LogP contribution in [-0.2, 0) is 28.5 Å². The molecule has 0 aromatic heterocycles. The summed E-state index contributed by atoms with van der Waals surface area (Å²) in [5.74, 6) is -5.93. The zero-order valence-electron chi connectivity index (χ0n) is 32.8. The summed E-state index contributed by atoms with van der Waals surface area (Å²) < 4.78 is 13.7. The summed E-state index contributed by atoms with van der Waals surface area (Å²) >= 11 is 0. The number of benzene rings is 1. The van der Waals surface area contributed by atoms with Gasteiger partial charge in [0.2, 0.25) is 0 Å². The van der Waals surface area contributed by atoms with Crippen molar-refractivity contribution in [3.8, 4) is 0 Å². The maximum atomic E-state index is 11.3. The molecule has 1 rings (SSSR count). The van der Waals surface area contributed by atoms with Crippen LogP contribution >= 0.6 is 7.82 Å². The molecule has 1 aromatic rings. The Morgan fingerprint density at radius 1 is 0.722 bits per heavy atom. The molecule has 0 fully saturated rings. The van der Waals surface area contributed by atoms with Gasteiger partial charge in [-0.3, -0.25) is 14.4 Å². The van der Waals surface area contributed by atoms with Crippen LogP contribution in [0.1, 0.15) is 128 Å². The third kappa shape index (κ3) is 60.8. The van der Waals surface area contributed by atoms with Crippen molar-refractivity contribution in [2.45, 2.75) is 135 Å². The summed E-state index contributed by atoms with van der Waals surface area (Å²) in [6.07, 6.45) is 12.2. The van der Waals surface area contributed by atoms with E-state index < -0.39 is 56.2 Å². The molecule has 0 heterocycles. The van der Waals surface area contributed by atoms with Crippen molar-refractivity contribution in [1.82, 2.24) is 0 Å². The number of hydrogen-bond acceptors (Lipinski definition) is 13. The van der Waals surface area contributed by atoms with E-state index in [2.05, 4.69) is 6.92 Å². The Balaban J connectivity index is -0.000000110. The Kier molecular flexibility index (Phi) is 55.2. The molecule has 1 unspecified atom stereocenters. The Morgan fingerprint density at radius 2 is 1.06 bits per heavy atom. The number of aromatic carboxylic acids is 1. The molecule has 7 N–H and O–H groups in total. The summed E-state index contributed by atoms with van der Waals surface area (Å²) in [4.78, 5) is 77.6. The molecule has 0 amide bonds. The number of carbonyl (C=O) groups is 5. The van der Waals surface area contributed by atoms with Gasteiger partial charge in [0.05, 0.1) is 37.2 Å². The van der Waals surface area contributed by atoms with Gasteiger partial charge in [0.15, 0.2) is 5.60 Å². The summed E-state index contributed by atoms with van der Waals surface area (Å²) in [5, 5.41) is 58.2. The van der Waals surface area contributed by atoms with Crippen LogP contribution in [-0.4, -0.2) is 90.0 Å². The number of aliphatic hydroxyl groups is 3. The number of ether oxygens (including phenoxy) is 1. The van der Waals surface area contributed by atoms with Crippen LogP contribution < -0.4 is 103 Å². The monoisotopic (exact) mass is 824 g/mol. The van der Waals surface area contributed by atoms with Crippen LogP contribution in [0.2, 0.25) is 0 Å². The minimum atomic E-state index is -5.39. The van der Waals surface area contributed by atoms with Gasteiger partial charge in [-0.25, -0.2) is 9.59 Å². The Morgan fingerprint density at radius 3 is 1.30 bits per heavy atom. The van der Waals surface area contributed by atoms with Gasteiger partial charge in [-0.15, -0.1) is 0 Å². The molecule has 298 valence electrons. The number of carbonyl (C=O) groups excluding carboxylic acids is 1. The fraction of sp³-hybridized carbons (Fsp3) is 0.667. The number of esters is 1. The van der Waals surface area contributed by atoms with Crippen molar-refractivity contribution >= 4 is 37.7 Å². The van der Waals surface area contributed by atoms with Crippen molar-refractivity contribution in [1.29, 1.82) is 0 Å². The Labute approximate surface area is 384 Å². The van der Waals surface area contributed by atoms with Crippen LogP contribution in [0.5, 0.6) is 0 Å². The Hall–Kier alpha value is -0.440. The van der Waals surface area contributed by atoms with Crippen LogP contribution in [0.25, 0.3) is 0 Å². The maximum Gasteiger partial charge on any atom is 1.00 e. The number of aliphatic hydroxyl groups excluding tert-OH is 2. The van der Waals surface area contributed by atoms with Crippen molar-refractivity contribution in [2.75, 3.05) is 6.61 Å². The van der Waals surface area contributed by atoms with E-state index >= 15 is 0 Å². The molecule has 0 bridgehead atoms.